The van der Waals surface area contributed by atoms with Crippen molar-refractivity contribution >= 4 is 83.6 Å². The molecule has 1 N–H and O–H groups in total. The van der Waals surface area contributed by atoms with Crippen molar-refractivity contribution in [3.05, 3.63) is 18.3 Å². The van der Waals surface area contributed by atoms with Crippen molar-refractivity contribution in [2.45, 2.75) is 23.1 Å². The number of aromatic nitrogens is 3. The summed E-state index contributed by atoms with van der Waals surface area (Å²) < 4.78 is 2.11. The molecule has 3 rings (SSSR count). The van der Waals surface area contributed by atoms with Crippen LogP contribution in [0.15, 0.2) is 18.3 Å². The molecule has 120 valence electrons. The zero-order chi connectivity index (χ0) is 16.7. The van der Waals surface area contributed by atoms with Crippen LogP contribution in [-0.2, 0) is 4.79 Å². The zero-order valence-corrected chi connectivity index (χ0v) is 15.9. The van der Waals surface area contributed by atoms with Crippen LogP contribution in [0.2, 0.25) is 0 Å². The fraction of sp³-hybridized carbons (Fsp3) is 0.286. The third-order valence-electron chi connectivity index (χ3n) is 3.24. The van der Waals surface area contributed by atoms with Crippen LogP contribution in [-0.4, -0.2) is 35.9 Å². The predicted molar refractivity (Wildman–Crippen MR) is 101 cm³/mol. The summed E-state index contributed by atoms with van der Waals surface area (Å²) in [4.78, 5) is 28.3. The Bertz CT molecular complexity index is 918. The fourth-order valence-electron chi connectivity index (χ4n) is 2.09. The molecular formula is C14H12ClIN4O2S. The lowest BCUT2D eigenvalue weighted by molar-refractivity contribution is -0.115. The van der Waals surface area contributed by atoms with Gasteiger partial charge in [0.25, 0.3) is 5.91 Å². The molecule has 1 aromatic carbocycles. The molecule has 3 aromatic rings. The molecule has 23 heavy (non-hydrogen) atoms. The van der Waals surface area contributed by atoms with Crippen molar-refractivity contribution < 1.29 is 9.59 Å². The molecule has 0 saturated heterocycles. The molecular weight excluding hydrogens is 451 g/mol. The molecule has 2 unspecified atom stereocenters. The average Bonchev–Trinajstić information content (AvgIpc) is 3.08. The van der Waals surface area contributed by atoms with Gasteiger partial charge in [0.1, 0.15) is 5.38 Å². The van der Waals surface area contributed by atoms with Crippen LogP contribution < -0.4 is 5.32 Å². The van der Waals surface area contributed by atoms with Crippen molar-refractivity contribution in [1.82, 2.24) is 14.8 Å². The smallest absolute Gasteiger partial charge is 0.260 e. The van der Waals surface area contributed by atoms with Gasteiger partial charge < -0.3 is 5.32 Å². The number of carbonyl (C=O) groups is 2. The third-order valence-corrected chi connectivity index (χ3v) is 4.99. The lowest BCUT2D eigenvalue weighted by Crippen LogP contribution is -2.19. The first kappa shape index (κ1) is 16.6. The van der Waals surface area contributed by atoms with E-state index in [4.69, 9.17) is 11.6 Å². The standard InChI is InChI=1S/C14H12ClIN4O2S/c1-6(15)12(21)19-14-18-9-3-4-10-8(11(9)23-14)5-17-20(10)13(22)7(2)16/h3-7H,1-2H3,(H,18,19,21). The molecule has 0 aliphatic heterocycles. The van der Waals surface area contributed by atoms with E-state index in [2.05, 4.69) is 38.0 Å². The largest absolute Gasteiger partial charge is 0.301 e. The Morgan fingerprint density at radius 1 is 1.39 bits per heavy atom. The topological polar surface area (TPSA) is 76.9 Å². The van der Waals surface area contributed by atoms with Gasteiger partial charge in [0.2, 0.25) is 5.91 Å². The number of benzene rings is 1. The number of carbonyl (C=O) groups excluding carboxylic acids is 2. The summed E-state index contributed by atoms with van der Waals surface area (Å²) in [5, 5.41) is 7.57. The van der Waals surface area contributed by atoms with Gasteiger partial charge in [0.15, 0.2) is 5.13 Å². The van der Waals surface area contributed by atoms with E-state index in [9.17, 15) is 9.59 Å². The number of fused-ring (bicyclic) bond motifs is 3. The maximum absolute atomic E-state index is 12.2. The number of nitrogens with one attached hydrogen (secondary N) is 1. The van der Waals surface area contributed by atoms with Gasteiger partial charge in [0, 0.05) is 5.39 Å². The molecule has 0 saturated carbocycles. The molecule has 0 fully saturated rings. The number of halogens is 2. The highest BCUT2D eigenvalue weighted by atomic mass is 127. The normalized spacial score (nSPS) is 14.1. The van der Waals surface area contributed by atoms with Gasteiger partial charge in [-0.05, 0) is 26.0 Å². The van der Waals surface area contributed by atoms with Gasteiger partial charge in [-0.3, -0.25) is 9.59 Å². The van der Waals surface area contributed by atoms with Crippen molar-refractivity contribution in [2.75, 3.05) is 5.32 Å². The van der Waals surface area contributed by atoms with Crippen molar-refractivity contribution in [3.8, 4) is 0 Å². The number of hydrogen-bond acceptors (Lipinski definition) is 5. The molecule has 2 heterocycles. The number of amides is 1. The molecule has 2 atom stereocenters. The summed E-state index contributed by atoms with van der Waals surface area (Å²) >= 11 is 9.15. The third kappa shape index (κ3) is 3.07. The first-order chi connectivity index (χ1) is 10.9. The van der Waals surface area contributed by atoms with Crippen LogP contribution in [0.5, 0.6) is 0 Å². The maximum atomic E-state index is 12.2. The van der Waals surface area contributed by atoms with Crippen LogP contribution in [0, 0.1) is 0 Å². The van der Waals surface area contributed by atoms with Crippen LogP contribution in [0.3, 0.4) is 0 Å². The van der Waals surface area contributed by atoms with Crippen molar-refractivity contribution in [1.29, 1.82) is 0 Å². The summed E-state index contributed by atoms with van der Waals surface area (Å²) in [6.45, 7) is 3.42. The maximum Gasteiger partial charge on any atom is 0.260 e. The minimum Gasteiger partial charge on any atom is -0.301 e. The number of alkyl halides is 2. The molecule has 9 heteroatoms. The SMILES string of the molecule is CC(Cl)C(=O)Nc1nc2ccc3c(cnn3C(=O)C(C)I)c2s1. The summed E-state index contributed by atoms with van der Waals surface area (Å²) in [6.07, 6.45) is 1.66. The number of rotatable bonds is 3. The van der Waals surface area contributed by atoms with Crippen LogP contribution in [0.1, 0.15) is 18.6 Å². The van der Waals surface area contributed by atoms with E-state index in [-0.39, 0.29) is 15.7 Å². The zero-order valence-electron chi connectivity index (χ0n) is 12.2. The summed E-state index contributed by atoms with van der Waals surface area (Å²) in [5.74, 6) is -0.375. The lowest BCUT2D eigenvalue weighted by Gasteiger charge is -2.03. The minimum atomic E-state index is -0.632. The molecule has 6 nitrogen and oxygen atoms in total. The highest BCUT2D eigenvalue weighted by Crippen LogP contribution is 2.33. The second-order valence-electron chi connectivity index (χ2n) is 4.98. The Labute approximate surface area is 154 Å². The highest BCUT2D eigenvalue weighted by molar-refractivity contribution is 14.1. The second-order valence-corrected chi connectivity index (χ2v) is 8.50. The van der Waals surface area contributed by atoms with Crippen LogP contribution in [0.4, 0.5) is 5.13 Å². The van der Waals surface area contributed by atoms with E-state index in [1.807, 2.05) is 19.1 Å². The Balaban J connectivity index is 2.08. The van der Waals surface area contributed by atoms with E-state index in [0.717, 1.165) is 21.1 Å². The minimum absolute atomic E-state index is 0.0750. The Hall–Kier alpha value is -1.26. The summed E-state index contributed by atoms with van der Waals surface area (Å²) in [5.41, 5.74) is 1.48. The highest BCUT2D eigenvalue weighted by Gasteiger charge is 2.18. The number of nitrogens with zero attached hydrogens (tertiary/aromatic N) is 3. The molecule has 0 spiro atoms. The van der Waals surface area contributed by atoms with Crippen molar-refractivity contribution in [3.63, 3.8) is 0 Å². The Morgan fingerprint density at radius 2 is 2.13 bits per heavy atom. The number of thiazole rings is 1. The second kappa shape index (κ2) is 6.33. The fourth-order valence-corrected chi connectivity index (χ4v) is 3.38. The van der Waals surface area contributed by atoms with Crippen molar-refractivity contribution in [2.24, 2.45) is 0 Å². The van der Waals surface area contributed by atoms with Gasteiger partial charge in [-0.2, -0.15) is 9.78 Å². The summed E-state index contributed by atoms with van der Waals surface area (Å²) in [7, 11) is 0. The molecule has 0 bridgehead atoms. The predicted octanol–water partition coefficient (Wildman–Crippen LogP) is 3.68. The molecule has 1 amide bonds. The van der Waals surface area contributed by atoms with Gasteiger partial charge in [0.05, 0.1) is 25.9 Å². The first-order valence-corrected chi connectivity index (χ1v) is 9.29. The number of hydrogen-bond donors (Lipinski definition) is 1. The average molecular weight is 463 g/mol. The first-order valence-electron chi connectivity index (χ1n) is 6.79. The van der Waals surface area contributed by atoms with Gasteiger partial charge in [-0.15, -0.1) is 11.6 Å². The summed E-state index contributed by atoms with van der Waals surface area (Å²) in [6, 6.07) is 3.63. The molecule has 0 aliphatic carbocycles. The van der Waals surface area contributed by atoms with Crippen LogP contribution in [0.25, 0.3) is 21.1 Å². The van der Waals surface area contributed by atoms with Gasteiger partial charge >= 0.3 is 0 Å². The van der Waals surface area contributed by atoms with E-state index < -0.39 is 5.38 Å². The van der Waals surface area contributed by atoms with E-state index in [1.54, 1.807) is 13.1 Å². The number of anilines is 1. The molecule has 0 aliphatic rings. The molecule has 0 radical (unpaired) electrons. The molecule has 2 aromatic heterocycles. The lowest BCUT2D eigenvalue weighted by atomic mass is 10.2. The monoisotopic (exact) mass is 462 g/mol. The van der Waals surface area contributed by atoms with Gasteiger partial charge in [-0.25, -0.2) is 4.98 Å². The van der Waals surface area contributed by atoms with E-state index in [1.165, 1.54) is 16.0 Å². The van der Waals surface area contributed by atoms with Gasteiger partial charge in [-0.1, -0.05) is 33.9 Å². The van der Waals surface area contributed by atoms with Crippen LogP contribution >= 0.6 is 45.5 Å². The quantitative estimate of drug-likeness (QED) is 0.476. The Kier molecular flexibility index (Phi) is 4.56. The van der Waals surface area contributed by atoms with E-state index in [0.29, 0.717) is 5.13 Å². The van der Waals surface area contributed by atoms with E-state index >= 15 is 0 Å². The Morgan fingerprint density at radius 3 is 2.78 bits per heavy atom.